The molecule has 0 bridgehead atoms. The number of hydrogen-bond donors (Lipinski definition) is 1. The molecule has 1 atom stereocenters. The Balaban J connectivity index is 2.18. The van der Waals surface area contributed by atoms with Crippen LogP contribution < -0.4 is 0 Å². The van der Waals surface area contributed by atoms with Gasteiger partial charge in [0.25, 0.3) is 0 Å². The number of aliphatic hydroxyl groups is 1. The van der Waals surface area contributed by atoms with Crippen LogP contribution in [0.1, 0.15) is 16.5 Å². The molecular formula is C15H10ClFOS. The fraction of sp³-hybridized carbons (Fsp3) is 0.0667. The van der Waals surface area contributed by atoms with Crippen LogP contribution in [0.25, 0.3) is 10.8 Å². The second-order valence-electron chi connectivity index (χ2n) is 4.23. The molecule has 0 radical (unpaired) electrons. The first-order valence-corrected chi connectivity index (χ1v) is 6.96. The summed E-state index contributed by atoms with van der Waals surface area (Å²) >= 11 is 7.21. The largest absolute Gasteiger partial charge is 0.383 e. The van der Waals surface area contributed by atoms with Gasteiger partial charge in [-0.2, -0.15) is 0 Å². The van der Waals surface area contributed by atoms with E-state index in [1.165, 1.54) is 17.4 Å². The minimum absolute atomic E-state index is 0.282. The minimum Gasteiger partial charge on any atom is -0.383 e. The number of hydrogen-bond acceptors (Lipinski definition) is 2. The standard InChI is InChI=1S/C15H10ClFOS/c16-14-8-7-13(19-14)15(18)11-5-6-12(17)10-4-2-1-3-9(10)11/h1-8,15,18H. The summed E-state index contributed by atoms with van der Waals surface area (Å²) in [5.41, 5.74) is 0.690. The first kappa shape index (κ1) is 12.6. The molecule has 2 aromatic carbocycles. The lowest BCUT2D eigenvalue weighted by Gasteiger charge is -2.12. The van der Waals surface area contributed by atoms with Crippen LogP contribution in [0.3, 0.4) is 0 Å². The summed E-state index contributed by atoms with van der Waals surface area (Å²) in [6, 6.07) is 13.7. The Hall–Kier alpha value is -1.42. The molecule has 0 aliphatic rings. The van der Waals surface area contributed by atoms with Crippen LogP contribution in [0.15, 0.2) is 48.5 Å². The van der Waals surface area contributed by atoms with Crippen molar-refractivity contribution in [3.8, 4) is 0 Å². The van der Waals surface area contributed by atoms with Gasteiger partial charge in [-0.25, -0.2) is 4.39 Å². The molecule has 0 saturated heterocycles. The highest BCUT2D eigenvalue weighted by molar-refractivity contribution is 7.16. The van der Waals surface area contributed by atoms with Gasteiger partial charge in [-0.1, -0.05) is 41.9 Å². The minimum atomic E-state index is -0.789. The molecule has 96 valence electrons. The van der Waals surface area contributed by atoms with Gasteiger partial charge in [0, 0.05) is 10.3 Å². The fourth-order valence-electron chi connectivity index (χ4n) is 2.15. The lowest BCUT2D eigenvalue weighted by Crippen LogP contribution is -1.99. The Morgan fingerprint density at radius 1 is 1.00 bits per heavy atom. The Labute approximate surface area is 118 Å². The smallest absolute Gasteiger partial charge is 0.131 e. The zero-order valence-corrected chi connectivity index (χ0v) is 11.4. The van der Waals surface area contributed by atoms with Gasteiger partial charge in [0.2, 0.25) is 0 Å². The quantitative estimate of drug-likeness (QED) is 0.721. The number of rotatable bonds is 2. The second kappa shape index (κ2) is 4.93. The summed E-state index contributed by atoms with van der Waals surface area (Å²) in [6.45, 7) is 0. The van der Waals surface area contributed by atoms with E-state index >= 15 is 0 Å². The van der Waals surface area contributed by atoms with Gasteiger partial charge in [-0.05, 0) is 29.1 Å². The van der Waals surface area contributed by atoms with Crippen LogP contribution in [0.5, 0.6) is 0 Å². The van der Waals surface area contributed by atoms with E-state index in [4.69, 9.17) is 11.6 Å². The highest BCUT2D eigenvalue weighted by Crippen LogP contribution is 2.34. The number of aliphatic hydroxyl groups excluding tert-OH is 1. The Morgan fingerprint density at radius 2 is 1.74 bits per heavy atom. The number of thiophene rings is 1. The maximum absolute atomic E-state index is 13.7. The molecule has 3 rings (SSSR count). The molecule has 0 aliphatic carbocycles. The first-order chi connectivity index (χ1) is 9.16. The number of halogens is 2. The van der Waals surface area contributed by atoms with Crippen LogP contribution in [0.2, 0.25) is 4.34 Å². The van der Waals surface area contributed by atoms with Crippen LogP contribution >= 0.6 is 22.9 Å². The molecule has 0 amide bonds. The molecule has 1 N–H and O–H groups in total. The molecule has 1 aromatic heterocycles. The Bertz CT molecular complexity index is 738. The molecule has 0 aliphatic heterocycles. The third-order valence-corrected chi connectivity index (χ3v) is 4.35. The molecule has 1 heterocycles. The SMILES string of the molecule is OC(c1ccc(Cl)s1)c1ccc(F)c2ccccc12. The average Bonchev–Trinajstić information content (AvgIpc) is 2.86. The van der Waals surface area contributed by atoms with E-state index in [0.29, 0.717) is 15.3 Å². The topological polar surface area (TPSA) is 20.2 Å². The van der Waals surface area contributed by atoms with Crippen molar-refractivity contribution in [1.29, 1.82) is 0 Å². The van der Waals surface area contributed by atoms with Gasteiger partial charge in [-0.15, -0.1) is 11.3 Å². The van der Waals surface area contributed by atoms with Gasteiger partial charge < -0.3 is 5.11 Å². The zero-order valence-electron chi connectivity index (χ0n) is 9.81. The lowest BCUT2D eigenvalue weighted by atomic mass is 9.99. The van der Waals surface area contributed by atoms with Crippen LogP contribution in [-0.4, -0.2) is 5.11 Å². The van der Waals surface area contributed by atoms with Crippen molar-refractivity contribution in [2.24, 2.45) is 0 Å². The summed E-state index contributed by atoms with van der Waals surface area (Å²) in [6.07, 6.45) is -0.789. The van der Waals surface area contributed by atoms with Crippen molar-refractivity contribution in [1.82, 2.24) is 0 Å². The summed E-state index contributed by atoms with van der Waals surface area (Å²) in [4.78, 5) is 0.752. The predicted octanol–water partition coefficient (Wildman–Crippen LogP) is 4.78. The Kier molecular flexibility index (Phi) is 3.27. The van der Waals surface area contributed by atoms with Crippen molar-refractivity contribution in [3.63, 3.8) is 0 Å². The molecule has 1 unspecified atom stereocenters. The van der Waals surface area contributed by atoms with Crippen LogP contribution in [0, 0.1) is 5.82 Å². The summed E-state index contributed by atoms with van der Waals surface area (Å²) in [5, 5.41) is 11.7. The van der Waals surface area contributed by atoms with Crippen LogP contribution in [-0.2, 0) is 0 Å². The highest BCUT2D eigenvalue weighted by atomic mass is 35.5. The van der Waals surface area contributed by atoms with E-state index in [0.717, 1.165) is 10.3 Å². The zero-order chi connectivity index (χ0) is 13.4. The maximum atomic E-state index is 13.7. The van der Waals surface area contributed by atoms with E-state index in [-0.39, 0.29) is 5.82 Å². The molecule has 0 spiro atoms. The number of benzene rings is 2. The fourth-order valence-corrected chi connectivity index (χ4v) is 3.22. The molecule has 0 fully saturated rings. The monoisotopic (exact) mass is 292 g/mol. The second-order valence-corrected chi connectivity index (χ2v) is 5.97. The van der Waals surface area contributed by atoms with Gasteiger partial charge in [0.15, 0.2) is 0 Å². The third kappa shape index (κ3) is 2.25. The first-order valence-electron chi connectivity index (χ1n) is 5.77. The maximum Gasteiger partial charge on any atom is 0.131 e. The van der Waals surface area contributed by atoms with Crippen molar-refractivity contribution < 1.29 is 9.50 Å². The van der Waals surface area contributed by atoms with E-state index < -0.39 is 6.10 Å². The Morgan fingerprint density at radius 3 is 2.42 bits per heavy atom. The van der Waals surface area contributed by atoms with Crippen molar-refractivity contribution in [2.75, 3.05) is 0 Å². The van der Waals surface area contributed by atoms with Crippen molar-refractivity contribution in [3.05, 3.63) is 69.1 Å². The number of fused-ring (bicyclic) bond motifs is 1. The predicted molar refractivity (Wildman–Crippen MR) is 77.3 cm³/mol. The van der Waals surface area contributed by atoms with E-state index in [1.54, 1.807) is 30.3 Å². The summed E-state index contributed by atoms with van der Waals surface area (Å²) in [5.74, 6) is -0.282. The third-order valence-electron chi connectivity index (χ3n) is 3.06. The van der Waals surface area contributed by atoms with Crippen LogP contribution in [0.4, 0.5) is 4.39 Å². The molecule has 4 heteroatoms. The summed E-state index contributed by atoms with van der Waals surface area (Å²) < 4.78 is 14.4. The average molecular weight is 293 g/mol. The molecule has 19 heavy (non-hydrogen) atoms. The molecule has 1 nitrogen and oxygen atoms in total. The molecule has 3 aromatic rings. The van der Waals surface area contributed by atoms with Gasteiger partial charge in [-0.3, -0.25) is 0 Å². The van der Waals surface area contributed by atoms with Gasteiger partial charge >= 0.3 is 0 Å². The normalized spacial score (nSPS) is 12.8. The van der Waals surface area contributed by atoms with E-state index in [9.17, 15) is 9.50 Å². The molecule has 0 saturated carbocycles. The van der Waals surface area contributed by atoms with E-state index in [2.05, 4.69) is 0 Å². The van der Waals surface area contributed by atoms with Gasteiger partial charge in [0.05, 0.1) is 4.34 Å². The van der Waals surface area contributed by atoms with Crippen molar-refractivity contribution in [2.45, 2.75) is 6.10 Å². The van der Waals surface area contributed by atoms with Crippen molar-refractivity contribution >= 4 is 33.7 Å². The lowest BCUT2D eigenvalue weighted by molar-refractivity contribution is 0.225. The molecular weight excluding hydrogens is 283 g/mol. The van der Waals surface area contributed by atoms with E-state index in [1.807, 2.05) is 12.1 Å². The summed E-state index contributed by atoms with van der Waals surface area (Å²) in [7, 11) is 0. The van der Waals surface area contributed by atoms with Gasteiger partial charge in [0.1, 0.15) is 11.9 Å². The highest BCUT2D eigenvalue weighted by Gasteiger charge is 2.16.